The molecule has 0 radical (unpaired) electrons. The zero-order valence-electron chi connectivity index (χ0n) is 16.3. The van der Waals surface area contributed by atoms with Gasteiger partial charge in [-0.2, -0.15) is 0 Å². The van der Waals surface area contributed by atoms with Crippen molar-refractivity contribution in [3.8, 4) is 0 Å². The summed E-state index contributed by atoms with van der Waals surface area (Å²) in [5, 5.41) is 0. The Morgan fingerprint density at radius 2 is 2.12 bits per heavy atom. The Morgan fingerprint density at radius 3 is 2.76 bits per heavy atom. The van der Waals surface area contributed by atoms with Gasteiger partial charge in [0, 0.05) is 29.8 Å². The molecule has 0 N–H and O–H groups in total. The molecule has 2 fully saturated rings. The van der Waals surface area contributed by atoms with Gasteiger partial charge in [0.2, 0.25) is 0 Å². The number of carbonyl (C=O) groups excluding carboxylic acids is 1. The van der Waals surface area contributed by atoms with Crippen molar-refractivity contribution in [2.24, 2.45) is 23.2 Å². The maximum absolute atomic E-state index is 13.9. The van der Waals surface area contributed by atoms with Crippen LogP contribution >= 0.6 is 0 Å². The van der Waals surface area contributed by atoms with Crippen molar-refractivity contribution < 1.29 is 9.18 Å². The van der Waals surface area contributed by atoms with Gasteiger partial charge in [-0.1, -0.05) is 32.4 Å². The third kappa shape index (κ3) is 3.31. The van der Waals surface area contributed by atoms with Crippen LogP contribution in [0.5, 0.6) is 0 Å². The molecule has 1 saturated carbocycles. The van der Waals surface area contributed by atoms with Crippen LogP contribution in [0, 0.1) is 23.2 Å². The Morgan fingerprint density at radius 1 is 1.36 bits per heavy atom. The largest absolute Gasteiger partial charge is 0.374 e. The van der Waals surface area contributed by atoms with E-state index < -0.39 is 6.17 Å². The summed E-state index contributed by atoms with van der Waals surface area (Å²) in [6.45, 7) is 6.62. The molecule has 6 atom stereocenters. The maximum Gasteiger partial charge on any atom is 0.147 e. The first-order chi connectivity index (χ1) is 11.9. The fourth-order valence-electron chi connectivity index (χ4n) is 6.22. The quantitative estimate of drug-likeness (QED) is 0.391. The van der Waals surface area contributed by atoms with Crippen molar-refractivity contribution in [3.63, 3.8) is 0 Å². The van der Waals surface area contributed by atoms with E-state index in [4.69, 9.17) is 0 Å². The van der Waals surface area contributed by atoms with Gasteiger partial charge in [-0.15, -0.1) is 0 Å². The standard InChI is InChI=1S/C22H34FNO/c1-5-16-9-10-20-19(12-16)22(3,21(24(20)4)15(2)14-25)13-17-7-6-8-18(23)11-17/h6,8,14,16-20H,5,7,9-13H2,1-4H3/b21-15-. The summed E-state index contributed by atoms with van der Waals surface area (Å²) >= 11 is 0. The van der Waals surface area contributed by atoms with E-state index in [0.29, 0.717) is 24.3 Å². The number of rotatable bonds is 4. The van der Waals surface area contributed by atoms with Crippen molar-refractivity contribution >= 4 is 6.29 Å². The van der Waals surface area contributed by atoms with Crippen LogP contribution in [0.15, 0.2) is 23.4 Å². The number of fused-ring (bicyclic) bond motifs is 1. The molecule has 1 saturated heterocycles. The highest BCUT2D eigenvalue weighted by Gasteiger charge is 2.54. The van der Waals surface area contributed by atoms with Crippen LogP contribution in [-0.2, 0) is 4.79 Å². The van der Waals surface area contributed by atoms with Crippen molar-refractivity contribution in [1.82, 2.24) is 4.90 Å². The lowest BCUT2D eigenvalue weighted by Crippen LogP contribution is -2.37. The number of alkyl halides is 1. The van der Waals surface area contributed by atoms with Gasteiger partial charge in [0.05, 0.1) is 0 Å². The molecule has 0 aromatic rings. The Labute approximate surface area is 152 Å². The first kappa shape index (κ1) is 18.7. The number of nitrogens with zero attached hydrogens (tertiary/aromatic N) is 1. The maximum atomic E-state index is 13.9. The summed E-state index contributed by atoms with van der Waals surface area (Å²) in [4.78, 5) is 14.0. The van der Waals surface area contributed by atoms with Gasteiger partial charge < -0.3 is 4.90 Å². The van der Waals surface area contributed by atoms with Crippen LogP contribution in [0.25, 0.3) is 0 Å². The van der Waals surface area contributed by atoms with Gasteiger partial charge in [0.15, 0.2) is 0 Å². The first-order valence-corrected chi connectivity index (χ1v) is 10.1. The summed E-state index contributed by atoms with van der Waals surface area (Å²) in [5.74, 6) is 1.77. The minimum Gasteiger partial charge on any atom is -0.374 e. The second-order valence-corrected chi connectivity index (χ2v) is 8.92. The topological polar surface area (TPSA) is 20.3 Å². The highest BCUT2D eigenvalue weighted by Crippen LogP contribution is 2.58. The van der Waals surface area contributed by atoms with E-state index in [1.54, 1.807) is 6.08 Å². The molecule has 0 spiro atoms. The Hall–Kier alpha value is -1.12. The van der Waals surface area contributed by atoms with Gasteiger partial charge in [0.25, 0.3) is 0 Å². The van der Waals surface area contributed by atoms with Crippen LogP contribution < -0.4 is 0 Å². The zero-order chi connectivity index (χ0) is 18.2. The predicted octanol–water partition coefficient (Wildman–Crippen LogP) is 5.30. The summed E-state index contributed by atoms with van der Waals surface area (Å²) in [7, 11) is 2.18. The summed E-state index contributed by atoms with van der Waals surface area (Å²) in [6.07, 6.45) is 11.6. The van der Waals surface area contributed by atoms with Crippen molar-refractivity contribution in [2.75, 3.05) is 7.05 Å². The monoisotopic (exact) mass is 347 g/mol. The number of carbonyl (C=O) groups is 1. The van der Waals surface area contributed by atoms with Gasteiger partial charge in [-0.3, -0.25) is 4.79 Å². The number of aldehydes is 1. The minimum absolute atomic E-state index is 0.00613. The SMILES string of the molecule is CCC1CCC2C(C1)C(C)(CC1CC=CC(F)C1)/C(=C(\C)C=O)N2C. The third-order valence-electron chi connectivity index (χ3n) is 7.35. The molecule has 0 amide bonds. The fourth-order valence-corrected chi connectivity index (χ4v) is 6.22. The van der Waals surface area contributed by atoms with E-state index in [-0.39, 0.29) is 5.41 Å². The molecular formula is C22H34FNO. The van der Waals surface area contributed by atoms with Crippen molar-refractivity contribution in [1.29, 1.82) is 0 Å². The lowest BCUT2D eigenvalue weighted by molar-refractivity contribution is -0.105. The van der Waals surface area contributed by atoms with Crippen LogP contribution in [0.4, 0.5) is 4.39 Å². The van der Waals surface area contributed by atoms with Crippen LogP contribution in [0.3, 0.4) is 0 Å². The first-order valence-electron chi connectivity index (χ1n) is 10.1. The molecule has 2 nitrogen and oxygen atoms in total. The average molecular weight is 348 g/mol. The van der Waals surface area contributed by atoms with E-state index in [1.165, 1.54) is 31.4 Å². The highest BCUT2D eigenvalue weighted by atomic mass is 19.1. The molecule has 3 heteroatoms. The molecule has 3 aliphatic rings. The lowest BCUT2D eigenvalue weighted by atomic mass is 9.62. The number of likely N-dealkylation sites (tertiary alicyclic amines) is 1. The van der Waals surface area contributed by atoms with Gasteiger partial charge in [0.1, 0.15) is 12.5 Å². The Bertz CT molecular complexity index is 568. The highest BCUT2D eigenvalue weighted by molar-refractivity contribution is 5.74. The smallest absolute Gasteiger partial charge is 0.147 e. The molecule has 1 aliphatic heterocycles. The number of halogens is 1. The molecule has 140 valence electrons. The van der Waals surface area contributed by atoms with Gasteiger partial charge in [-0.25, -0.2) is 4.39 Å². The number of hydrogen-bond acceptors (Lipinski definition) is 2. The van der Waals surface area contributed by atoms with Gasteiger partial charge in [-0.05, 0) is 63.2 Å². The molecule has 0 bridgehead atoms. The molecular weight excluding hydrogens is 313 g/mol. The summed E-state index contributed by atoms with van der Waals surface area (Å²) in [5.41, 5.74) is 2.10. The Balaban J connectivity index is 1.95. The van der Waals surface area contributed by atoms with Crippen molar-refractivity contribution in [3.05, 3.63) is 23.4 Å². The van der Waals surface area contributed by atoms with E-state index in [9.17, 15) is 9.18 Å². The van der Waals surface area contributed by atoms with Crippen LogP contribution in [-0.4, -0.2) is 30.4 Å². The van der Waals surface area contributed by atoms with Crippen LogP contribution in [0.2, 0.25) is 0 Å². The second kappa shape index (κ2) is 7.25. The third-order valence-corrected chi connectivity index (χ3v) is 7.35. The van der Waals surface area contributed by atoms with Gasteiger partial charge >= 0.3 is 0 Å². The number of hydrogen-bond donors (Lipinski definition) is 0. The van der Waals surface area contributed by atoms with E-state index in [0.717, 1.165) is 30.6 Å². The normalized spacial score (nSPS) is 43.1. The molecule has 0 aromatic carbocycles. The number of allylic oxidation sites excluding steroid dienone is 4. The zero-order valence-corrected chi connectivity index (χ0v) is 16.3. The molecule has 6 unspecified atom stereocenters. The fraction of sp³-hybridized carbons (Fsp3) is 0.773. The molecule has 25 heavy (non-hydrogen) atoms. The van der Waals surface area contributed by atoms with Crippen molar-refractivity contribution in [2.45, 2.75) is 77.9 Å². The van der Waals surface area contributed by atoms with E-state index >= 15 is 0 Å². The summed E-state index contributed by atoms with van der Waals surface area (Å²) in [6, 6.07) is 0.540. The average Bonchev–Trinajstić information content (AvgIpc) is 2.81. The summed E-state index contributed by atoms with van der Waals surface area (Å²) < 4.78 is 13.9. The molecule has 2 aliphatic carbocycles. The minimum atomic E-state index is -0.799. The molecule has 3 rings (SSSR count). The molecule has 0 aromatic heterocycles. The van der Waals surface area contributed by atoms with E-state index in [1.807, 2.05) is 13.0 Å². The Kier molecular flexibility index (Phi) is 5.41. The second-order valence-electron chi connectivity index (χ2n) is 8.92. The molecule has 1 heterocycles. The van der Waals surface area contributed by atoms with Crippen LogP contribution in [0.1, 0.15) is 65.7 Å². The lowest BCUT2D eigenvalue weighted by Gasteiger charge is -2.41. The predicted molar refractivity (Wildman–Crippen MR) is 101 cm³/mol. The van der Waals surface area contributed by atoms with E-state index in [2.05, 4.69) is 25.8 Å².